The van der Waals surface area contributed by atoms with Crippen molar-refractivity contribution in [1.29, 1.82) is 0 Å². The van der Waals surface area contributed by atoms with E-state index in [2.05, 4.69) is 11.4 Å². The van der Waals surface area contributed by atoms with E-state index in [0.717, 1.165) is 42.6 Å². The third kappa shape index (κ3) is 5.05. The Bertz CT molecular complexity index is 1200. The van der Waals surface area contributed by atoms with E-state index in [4.69, 9.17) is 4.74 Å². The standard InChI is InChI=1S/C32H36N2O3/c1-31(2,3)37-30(36)28-25-16-10-11-17-26(25)32(18-20-33-21-19-32)22-34(28)29(35)27(23-12-6-4-7-13-23)24-14-8-5-9-15-24/h4-17,27-28,33H,18-22H2,1-3H3/t28-/m1/s1. The molecule has 0 aliphatic carbocycles. The first-order valence-corrected chi connectivity index (χ1v) is 13.2. The third-order valence-electron chi connectivity index (χ3n) is 7.60. The molecule has 1 atom stereocenters. The molecule has 5 rings (SSSR count). The van der Waals surface area contributed by atoms with E-state index < -0.39 is 17.6 Å². The molecule has 1 amide bonds. The predicted octanol–water partition coefficient (Wildman–Crippen LogP) is 5.36. The van der Waals surface area contributed by atoms with Crippen molar-refractivity contribution in [3.05, 3.63) is 107 Å². The minimum Gasteiger partial charge on any atom is -0.458 e. The highest BCUT2D eigenvalue weighted by atomic mass is 16.6. The van der Waals surface area contributed by atoms with Crippen LogP contribution in [0.5, 0.6) is 0 Å². The quantitative estimate of drug-likeness (QED) is 0.494. The largest absolute Gasteiger partial charge is 0.458 e. The summed E-state index contributed by atoms with van der Waals surface area (Å²) in [6.07, 6.45) is 1.83. The SMILES string of the molecule is CC(C)(C)OC(=O)[C@H]1c2ccccc2C2(CCNCC2)CN1C(=O)C(c1ccccc1)c1ccccc1. The highest BCUT2D eigenvalue weighted by Gasteiger charge is 2.50. The average molecular weight is 497 g/mol. The number of carbonyl (C=O) groups excluding carboxylic acids is 2. The zero-order valence-electron chi connectivity index (χ0n) is 21.9. The van der Waals surface area contributed by atoms with E-state index in [0.29, 0.717) is 6.54 Å². The van der Waals surface area contributed by atoms with E-state index in [1.165, 1.54) is 5.56 Å². The Morgan fingerprint density at radius 1 is 0.865 bits per heavy atom. The summed E-state index contributed by atoms with van der Waals surface area (Å²) in [5.74, 6) is -0.964. The van der Waals surface area contributed by atoms with Crippen LogP contribution < -0.4 is 5.32 Å². The maximum absolute atomic E-state index is 14.7. The van der Waals surface area contributed by atoms with Crippen LogP contribution in [-0.2, 0) is 19.7 Å². The number of carbonyl (C=O) groups is 2. The number of amides is 1. The first-order valence-electron chi connectivity index (χ1n) is 13.2. The van der Waals surface area contributed by atoms with Gasteiger partial charge in [0.05, 0.1) is 5.92 Å². The maximum Gasteiger partial charge on any atom is 0.334 e. The number of rotatable bonds is 4. The second-order valence-electron chi connectivity index (χ2n) is 11.3. The van der Waals surface area contributed by atoms with Crippen molar-refractivity contribution < 1.29 is 14.3 Å². The van der Waals surface area contributed by atoms with Crippen molar-refractivity contribution in [3.63, 3.8) is 0 Å². The molecule has 5 heteroatoms. The molecule has 0 bridgehead atoms. The average Bonchev–Trinajstić information content (AvgIpc) is 2.89. The van der Waals surface area contributed by atoms with Gasteiger partial charge in [0.2, 0.25) is 5.91 Å². The summed E-state index contributed by atoms with van der Waals surface area (Å²) in [7, 11) is 0. The highest BCUT2D eigenvalue weighted by Crippen LogP contribution is 2.46. The lowest BCUT2D eigenvalue weighted by atomic mass is 9.67. The van der Waals surface area contributed by atoms with Crippen LogP contribution in [0.2, 0.25) is 0 Å². The van der Waals surface area contributed by atoms with Crippen molar-refractivity contribution >= 4 is 11.9 Å². The van der Waals surface area contributed by atoms with Crippen LogP contribution in [0.4, 0.5) is 0 Å². The molecule has 3 aromatic rings. The van der Waals surface area contributed by atoms with Crippen LogP contribution in [-0.4, -0.2) is 42.0 Å². The van der Waals surface area contributed by atoms with Crippen LogP contribution in [0.1, 0.15) is 67.8 Å². The molecule has 2 heterocycles. The van der Waals surface area contributed by atoms with Crippen LogP contribution >= 0.6 is 0 Å². The van der Waals surface area contributed by atoms with E-state index in [-0.39, 0.29) is 17.3 Å². The van der Waals surface area contributed by atoms with E-state index >= 15 is 0 Å². The lowest BCUT2D eigenvalue weighted by Gasteiger charge is -2.50. The molecule has 0 radical (unpaired) electrons. The Balaban J connectivity index is 1.66. The van der Waals surface area contributed by atoms with Crippen LogP contribution in [0, 0.1) is 0 Å². The number of piperidine rings is 1. The molecule has 1 saturated heterocycles. The number of fused-ring (bicyclic) bond motifs is 2. The molecular formula is C32H36N2O3. The normalized spacial score (nSPS) is 18.9. The summed E-state index contributed by atoms with van der Waals surface area (Å²) in [5, 5.41) is 3.48. The van der Waals surface area contributed by atoms with Gasteiger partial charge in [-0.2, -0.15) is 0 Å². The number of nitrogens with one attached hydrogen (secondary N) is 1. The van der Waals surface area contributed by atoms with Gasteiger partial charge in [0.1, 0.15) is 5.60 Å². The Kier molecular flexibility index (Phi) is 6.91. The maximum atomic E-state index is 14.7. The van der Waals surface area contributed by atoms with Gasteiger partial charge in [0, 0.05) is 12.0 Å². The molecule has 0 aromatic heterocycles. The van der Waals surface area contributed by atoms with Gasteiger partial charge in [-0.3, -0.25) is 4.79 Å². The monoisotopic (exact) mass is 496 g/mol. The smallest absolute Gasteiger partial charge is 0.334 e. The summed E-state index contributed by atoms with van der Waals surface area (Å²) in [6, 6.07) is 27.1. The van der Waals surface area contributed by atoms with Crippen molar-refractivity contribution in [2.45, 2.75) is 56.6 Å². The van der Waals surface area contributed by atoms with Gasteiger partial charge in [0.15, 0.2) is 6.04 Å². The molecule has 1 fully saturated rings. The molecule has 2 aliphatic rings. The van der Waals surface area contributed by atoms with Crippen molar-refractivity contribution in [2.75, 3.05) is 19.6 Å². The molecule has 3 aromatic carbocycles. The van der Waals surface area contributed by atoms with E-state index in [1.54, 1.807) is 0 Å². The van der Waals surface area contributed by atoms with Crippen LogP contribution in [0.3, 0.4) is 0 Å². The van der Waals surface area contributed by atoms with Gasteiger partial charge in [-0.05, 0) is 69.0 Å². The predicted molar refractivity (Wildman–Crippen MR) is 145 cm³/mol. The van der Waals surface area contributed by atoms with Crippen molar-refractivity contribution in [2.24, 2.45) is 0 Å². The Morgan fingerprint density at radius 3 is 1.97 bits per heavy atom. The van der Waals surface area contributed by atoms with Gasteiger partial charge in [0.25, 0.3) is 0 Å². The molecule has 37 heavy (non-hydrogen) atoms. The lowest BCUT2D eigenvalue weighted by Crippen LogP contribution is -2.57. The number of nitrogens with zero attached hydrogens (tertiary/aromatic N) is 1. The fourth-order valence-electron chi connectivity index (χ4n) is 5.97. The van der Waals surface area contributed by atoms with Gasteiger partial charge >= 0.3 is 5.97 Å². The van der Waals surface area contributed by atoms with Gasteiger partial charge < -0.3 is 15.0 Å². The molecule has 2 aliphatic heterocycles. The second-order valence-corrected chi connectivity index (χ2v) is 11.3. The van der Waals surface area contributed by atoms with Crippen LogP contribution in [0.15, 0.2) is 84.9 Å². The molecule has 1 spiro atoms. The third-order valence-corrected chi connectivity index (χ3v) is 7.60. The van der Waals surface area contributed by atoms with Gasteiger partial charge in [-0.25, -0.2) is 4.79 Å². The molecule has 1 N–H and O–H groups in total. The van der Waals surface area contributed by atoms with E-state index in [1.807, 2.05) is 105 Å². The lowest BCUT2D eigenvalue weighted by molar-refractivity contribution is -0.167. The van der Waals surface area contributed by atoms with Crippen molar-refractivity contribution in [3.8, 4) is 0 Å². The van der Waals surface area contributed by atoms with Crippen molar-refractivity contribution in [1.82, 2.24) is 10.2 Å². The summed E-state index contributed by atoms with van der Waals surface area (Å²) < 4.78 is 5.94. The summed E-state index contributed by atoms with van der Waals surface area (Å²) >= 11 is 0. The zero-order chi connectivity index (χ0) is 26.0. The van der Waals surface area contributed by atoms with E-state index in [9.17, 15) is 9.59 Å². The first-order chi connectivity index (χ1) is 17.8. The fourth-order valence-corrected chi connectivity index (χ4v) is 5.97. The number of esters is 1. The fraction of sp³-hybridized carbons (Fsp3) is 0.375. The summed E-state index contributed by atoms with van der Waals surface area (Å²) in [6.45, 7) is 7.87. The minimum absolute atomic E-state index is 0.0688. The summed E-state index contributed by atoms with van der Waals surface area (Å²) in [5.41, 5.74) is 3.03. The number of benzene rings is 3. The van der Waals surface area contributed by atoms with Gasteiger partial charge in [-0.15, -0.1) is 0 Å². The first kappa shape index (κ1) is 25.2. The minimum atomic E-state index is -0.793. The number of ether oxygens (including phenoxy) is 1. The Morgan fingerprint density at radius 2 is 1.41 bits per heavy atom. The molecule has 192 valence electrons. The van der Waals surface area contributed by atoms with Crippen LogP contribution in [0.25, 0.3) is 0 Å². The molecule has 0 unspecified atom stereocenters. The Hall–Kier alpha value is -3.44. The highest BCUT2D eigenvalue weighted by molar-refractivity contribution is 5.92. The summed E-state index contributed by atoms with van der Waals surface area (Å²) in [4.78, 5) is 30.4. The number of hydrogen-bond acceptors (Lipinski definition) is 4. The zero-order valence-corrected chi connectivity index (χ0v) is 21.9. The molecule has 5 nitrogen and oxygen atoms in total. The second kappa shape index (κ2) is 10.1. The topological polar surface area (TPSA) is 58.6 Å². The molecular weight excluding hydrogens is 460 g/mol. The number of hydrogen-bond donors (Lipinski definition) is 1. The van der Waals surface area contributed by atoms with Gasteiger partial charge in [-0.1, -0.05) is 84.9 Å². The Labute approximate surface area is 219 Å². The molecule has 0 saturated carbocycles.